The fraction of sp³-hybridized carbons (Fsp3) is 0.857. The summed E-state index contributed by atoms with van der Waals surface area (Å²) in [5.74, 6) is 0.0435. The van der Waals surface area contributed by atoms with Crippen molar-refractivity contribution in [1.82, 2.24) is 10.2 Å². The number of nitrogens with one attached hydrogen (secondary N) is 1. The van der Waals surface area contributed by atoms with Crippen molar-refractivity contribution in [1.29, 1.82) is 0 Å². The lowest BCUT2D eigenvalue weighted by atomic mass is 9.82. The maximum Gasteiger partial charge on any atom is 0.248 e. The summed E-state index contributed by atoms with van der Waals surface area (Å²) in [6.07, 6.45) is 6.27. The van der Waals surface area contributed by atoms with E-state index in [1.54, 1.807) is 4.90 Å². The molecule has 2 unspecified atom stereocenters. The Morgan fingerprint density at radius 1 is 1.42 bits per heavy atom. The van der Waals surface area contributed by atoms with Gasteiger partial charge in [0.25, 0.3) is 0 Å². The normalized spacial score (nSPS) is 33.9. The number of piperazine rings is 1. The number of carbonyl (C=O) groups excluding carboxylic acids is 2. The average Bonchev–Trinajstić information content (AvgIpc) is 2.35. The Balaban J connectivity index is 2.21. The van der Waals surface area contributed by atoms with Gasteiger partial charge in [-0.1, -0.05) is 13.3 Å². The molecule has 1 saturated heterocycles. The van der Waals surface area contributed by atoms with E-state index < -0.39 is 5.54 Å². The molecule has 4 nitrogen and oxygen atoms in total. The van der Waals surface area contributed by atoms with Crippen LogP contribution < -0.4 is 5.32 Å². The highest BCUT2D eigenvalue weighted by atomic mass is 32.2. The summed E-state index contributed by atoms with van der Waals surface area (Å²) in [4.78, 5) is 26.6. The first kappa shape index (κ1) is 14.7. The minimum atomic E-state index is -0.729. The quantitative estimate of drug-likeness (QED) is 0.856. The van der Waals surface area contributed by atoms with Crippen molar-refractivity contribution in [2.75, 3.05) is 12.8 Å². The Morgan fingerprint density at radius 3 is 2.47 bits per heavy atom. The predicted molar refractivity (Wildman–Crippen MR) is 78.1 cm³/mol. The van der Waals surface area contributed by atoms with Gasteiger partial charge in [-0.15, -0.1) is 0 Å². The molecule has 0 spiro atoms. The molecule has 5 heteroatoms. The third-order valence-corrected chi connectivity index (χ3v) is 6.25. The molecule has 2 atom stereocenters. The Labute approximate surface area is 119 Å². The van der Waals surface area contributed by atoms with Crippen molar-refractivity contribution in [2.45, 2.75) is 62.8 Å². The summed E-state index contributed by atoms with van der Waals surface area (Å²) in [7, 11) is 0. The Bertz CT molecular complexity index is 389. The molecule has 1 saturated carbocycles. The summed E-state index contributed by atoms with van der Waals surface area (Å²) < 4.78 is 0.177. The van der Waals surface area contributed by atoms with E-state index in [1.165, 1.54) is 6.42 Å². The SMILES string of the molecule is CCC1(C)NC(=O)C(C)N(CC2(SC)CCC2)C1=O. The predicted octanol–water partition coefficient (Wildman–Crippen LogP) is 1.79. The van der Waals surface area contributed by atoms with Gasteiger partial charge in [-0.2, -0.15) is 11.8 Å². The standard InChI is InChI=1S/C14H24N2O2S/c1-5-13(3)12(18)16(10(2)11(17)15-13)9-14(19-4)7-6-8-14/h10H,5-9H2,1-4H3,(H,15,17). The van der Waals surface area contributed by atoms with Crippen LogP contribution in [-0.4, -0.2) is 45.8 Å². The average molecular weight is 284 g/mol. The molecular formula is C14H24N2O2S. The third-order valence-electron chi connectivity index (χ3n) is 4.84. The Kier molecular flexibility index (Phi) is 3.87. The maximum absolute atomic E-state index is 12.7. The molecule has 0 aromatic rings. The van der Waals surface area contributed by atoms with E-state index in [0.29, 0.717) is 13.0 Å². The molecular weight excluding hydrogens is 260 g/mol. The van der Waals surface area contributed by atoms with Crippen LogP contribution in [0.2, 0.25) is 0 Å². The summed E-state index contributed by atoms with van der Waals surface area (Å²) in [6, 6.07) is -0.350. The molecule has 2 amide bonds. The second kappa shape index (κ2) is 5.00. The molecule has 0 aromatic heterocycles. The zero-order valence-corrected chi connectivity index (χ0v) is 13.1. The van der Waals surface area contributed by atoms with Gasteiger partial charge < -0.3 is 10.2 Å². The van der Waals surface area contributed by atoms with Gasteiger partial charge in [0.15, 0.2) is 0 Å². The first-order chi connectivity index (χ1) is 8.87. The van der Waals surface area contributed by atoms with Gasteiger partial charge in [-0.05, 0) is 39.4 Å². The van der Waals surface area contributed by atoms with Crippen LogP contribution in [0.25, 0.3) is 0 Å². The summed E-state index contributed by atoms with van der Waals surface area (Å²) in [5.41, 5.74) is -0.729. The number of rotatable bonds is 4. The highest BCUT2D eigenvalue weighted by Crippen LogP contribution is 2.44. The molecule has 1 aliphatic heterocycles. The number of hydrogen-bond donors (Lipinski definition) is 1. The molecule has 19 heavy (non-hydrogen) atoms. The molecule has 108 valence electrons. The van der Waals surface area contributed by atoms with Gasteiger partial charge in [-0.3, -0.25) is 9.59 Å². The highest BCUT2D eigenvalue weighted by molar-refractivity contribution is 8.00. The van der Waals surface area contributed by atoms with Gasteiger partial charge in [0.1, 0.15) is 11.6 Å². The first-order valence-electron chi connectivity index (χ1n) is 7.06. The van der Waals surface area contributed by atoms with Gasteiger partial charge in [0, 0.05) is 11.3 Å². The number of nitrogens with zero attached hydrogens (tertiary/aromatic N) is 1. The van der Waals surface area contributed by atoms with Crippen LogP contribution in [0.3, 0.4) is 0 Å². The van der Waals surface area contributed by atoms with E-state index in [1.807, 2.05) is 32.5 Å². The van der Waals surface area contributed by atoms with Crippen LogP contribution in [0.5, 0.6) is 0 Å². The van der Waals surface area contributed by atoms with Crippen LogP contribution in [0.15, 0.2) is 0 Å². The van der Waals surface area contributed by atoms with Gasteiger partial charge in [0.2, 0.25) is 11.8 Å². The zero-order valence-electron chi connectivity index (χ0n) is 12.3. The molecule has 1 aliphatic carbocycles. The molecule has 1 heterocycles. The van der Waals surface area contributed by atoms with Crippen LogP contribution in [0.1, 0.15) is 46.5 Å². The molecule has 2 fully saturated rings. The molecule has 0 radical (unpaired) electrons. The molecule has 2 rings (SSSR count). The molecule has 1 N–H and O–H groups in total. The maximum atomic E-state index is 12.7. The van der Waals surface area contributed by atoms with Gasteiger partial charge >= 0.3 is 0 Å². The van der Waals surface area contributed by atoms with E-state index in [4.69, 9.17) is 0 Å². The second-order valence-corrected chi connectivity index (χ2v) is 7.30. The fourth-order valence-corrected chi connectivity index (χ4v) is 3.79. The lowest BCUT2D eigenvalue weighted by Crippen LogP contribution is -2.70. The zero-order chi connectivity index (χ0) is 14.3. The molecule has 0 aromatic carbocycles. The van der Waals surface area contributed by atoms with E-state index in [-0.39, 0.29) is 22.6 Å². The summed E-state index contributed by atoms with van der Waals surface area (Å²) in [5, 5.41) is 2.87. The minimum absolute atomic E-state index is 0.0282. The fourth-order valence-electron chi connectivity index (χ4n) is 2.82. The molecule has 0 bridgehead atoms. The van der Waals surface area contributed by atoms with E-state index in [0.717, 1.165) is 12.8 Å². The Morgan fingerprint density at radius 2 is 2.05 bits per heavy atom. The lowest BCUT2D eigenvalue weighted by Gasteiger charge is -2.49. The first-order valence-corrected chi connectivity index (χ1v) is 8.28. The Hall–Kier alpha value is -0.710. The van der Waals surface area contributed by atoms with Gasteiger partial charge in [-0.25, -0.2) is 0 Å². The van der Waals surface area contributed by atoms with Crippen LogP contribution in [0, 0.1) is 0 Å². The number of thioether (sulfide) groups is 1. The van der Waals surface area contributed by atoms with E-state index >= 15 is 0 Å². The van der Waals surface area contributed by atoms with Crippen molar-refractivity contribution in [3.8, 4) is 0 Å². The number of carbonyl (C=O) groups is 2. The number of amides is 2. The topological polar surface area (TPSA) is 49.4 Å². The lowest BCUT2D eigenvalue weighted by molar-refractivity contribution is -0.154. The minimum Gasteiger partial charge on any atom is -0.340 e. The smallest absolute Gasteiger partial charge is 0.248 e. The van der Waals surface area contributed by atoms with Crippen LogP contribution in [-0.2, 0) is 9.59 Å². The summed E-state index contributed by atoms with van der Waals surface area (Å²) >= 11 is 1.84. The van der Waals surface area contributed by atoms with Gasteiger partial charge in [0.05, 0.1) is 0 Å². The third kappa shape index (κ3) is 2.37. The highest BCUT2D eigenvalue weighted by Gasteiger charge is 2.49. The van der Waals surface area contributed by atoms with Crippen molar-refractivity contribution < 1.29 is 9.59 Å². The van der Waals surface area contributed by atoms with Crippen molar-refractivity contribution >= 4 is 23.6 Å². The van der Waals surface area contributed by atoms with Crippen molar-refractivity contribution in [2.24, 2.45) is 0 Å². The molecule has 2 aliphatic rings. The van der Waals surface area contributed by atoms with E-state index in [2.05, 4.69) is 11.6 Å². The van der Waals surface area contributed by atoms with E-state index in [9.17, 15) is 9.59 Å². The van der Waals surface area contributed by atoms with Crippen LogP contribution in [0.4, 0.5) is 0 Å². The number of hydrogen-bond acceptors (Lipinski definition) is 3. The second-order valence-electron chi connectivity index (χ2n) is 6.02. The van der Waals surface area contributed by atoms with Crippen molar-refractivity contribution in [3.05, 3.63) is 0 Å². The monoisotopic (exact) mass is 284 g/mol. The van der Waals surface area contributed by atoms with Crippen molar-refractivity contribution in [3.63, 3.8) is 0 Å². The van der Waals surface area contributed by atoms with Crippen LogP contribution >= 0.6 is 11.8 Å². The summed E-state index contributed by atoms with van der Waals surface area (Å²) in [6.45, 7) is 6.31. The largest absolute Gasteiger partial charge is 0.340 e.